The summed E-state index contributed by atoms with van der Waals surface area (Å²) in [7, 11) is 0. The number of amidine groups is 1. The number of nitrogens with one attached hydrogen (secondary N) is 1. The van der Waals surface area contributed by atoms with E-state index in [0.717, 1.165) is 55.1 Å². The standard InChI is InChI=1S/C23H25N7OS/c1-2-28-12-14-29(15-13-28)21-18-10-6-7-11-19(18)24-22(25-21)26-27-23-30(20(31)16-32-23)17-8-4-3-5-9-17/h3-11H,2,12-16H2,1H3,(H,24,25,26). The zero-order chi connectivity index (χ0) is 21.9. The Morgan fingerprint density at radius 3 is 2.53 bits per heavy atom. The van der Waals surface area contributed by atoms with Gasteiger partial charge in [0.2, 0.25) is 11.9 Å². The number of rotatable bonds is 5. The monoisotopic (exact) mass is 447 g/mol. The number of likely N-dealkylation sites (N-methyl/N-ethyl adjacent to an activating group) is 1. The van der Waals surface area contributed by atoms with Gasteiger partial charge < -0.3 is 9.80 Å². The molecule has 2 saturated heterocycles. The summed E-state index contributed by atoms with van der Waals surface area (Å²) in [5, 5.41) is 6.13. The van der Waals surface area contributed by atoms with Gasteiger partial charge in [0.25, 0.3) is 0 Å². The van der Waals surface area contributed by atoms with Crippen LogP contribution in [-0.2, 0) is 4.79 Å². The Kier molecular flexibility index (Phi) is 5.91. The molecule has 1 amide bonds. The quantitative estimate of drug-likeness (QED) is 0.602. The molecule has 2 fully saturated rings. The van der Waals surface area contributed by atoms with E-state index in [2.05, 4.69) is 38.3 Å². The molecular weight excluding hydrogens is 422 g/mol. The molecule has 3 heterocycles. The van der Waals surface area contributed by atoms with Gasteiger partial charge in [-0.3, -0.25) is 9.69 Å². The zero-order valence-electron chi connectivity index (χ0n) is 17.9. The summed E-state index contributed by atoms with van der Waals surface area (Å²) in [5.41, 5.74) is 4.68. The van der Waals surface area contributed by atoms with Crippen molar-refractivity contribution in [2.24, 2.45) is 5.10 Å². The van der Waals surface area contributed by atoms with Crippen molar-refractivity contribution in [3.63, 3.8) is 0 Å². The van der Waals surface area contributed by atoms with E-state index in [4.69, 9.17) is 4.98 Å². The van der Waals surface area contributed by atoms with E-state index < -0.39 is 0 Å². The first-order valence-electron chi connectivity index (χ1n) is 10.8. The second-order valence-electron chi connectivity index (χ2n) is 7.67. The molecule has 3 aromatic rings. The van der Waals surface area contributed by atoms with E-state index >= 15 is 0 Å². The predicted molar refractivity (Wildman–Crippen MR) is 131 cm³/mol. The van der Waals surface area contributed by atoms with Crippen LogP contribution in [0.15, 0.2) is 59.7 Å². The van der Waals surface area contributed by atoms with Gasteiger partial charge in [-0.1, -0.05) is 49.0 Å². The lowest BCUT2D eigenvalue weighted by atomic mass is 10.2. The largest absolute Gasteiger partial charge is 0.353 e. The predicted octanol–water partition coefficient (Wildman–Crippen LogP) is 3.23. The van der Waals surface area contributed by atoms with Crippen molar-refractivity contribution in [3.05, 3.63) is 54.6 Å². The van der Waals surface area contributed by atoms with Crippen molar-refractivity contribution >= 4 is 51.2 Å². The number of anilines is 3. The molecule has 2 aromatic carbocycles. The molecule has 32 heavy (non-hydrogen) atoms. The number of benzene rings is 2. The summed E-state index contributed by atoms with van der Waals surface area (Å²) in [4.78, 5) is 28.3. The van der Waals surface area contributed by atoms with Gasteiger partial charge in [-0.25, -0.2) is 10.4 Å². The van der Waals surface area contributed by atoms with Crippen LogP contribution >= 0.6 is 11.8 Å². The smallest absolute Gasteiger partial charge is 0.246 e. The van der Waals surface area contributed by atoms with Crippen molar-refractivity contribution in [3.8, 4) is 0 Å². The molecule has 9 heteroatoms. The maximum atomic E-state index is 12.4. The van der Waals surface area contributed by atoms with E-state index in [1.807, 2.05) is 48.5 Å². The normalized spacial score (nSPS) is 18.7. The van der Waals surface area contributed by atoms with Crippen LogP contribution < -0.4 is 15.2 Å². The lowest BCUT2D eigenvalue weighted by Gasteiger charge is -2.35. The van der Waals surface area contributed by atoms with E-state index in [1.54, 1.807) is 4.90 Å². The van der Waals surface area contributed by atoms with Crippen LogP contribution in [-0.4, -0.2) is 64.4 Å². The first-order chi connectivity index (χ1) is 15.7. The second-order valence-corrected chi connectivity index (χ2v) is 8.61. The molecule has 5 rings (SSSR count). The molecule has 0 atom stereocenters. The third-order valence-corrected chi connectivity index (χ3v) is 6.66. The van der Waals surface area contributed by atoms with Crippen molar-refractivity contribution in [1.82, 2.24) is 14.9 Å². The highest BCUT2D eigenvalue weighted by Crippen LogP contribution is 2.28. The molecule has 0 radical (unpaired) electrons. The van der Waals surface area contributed by atoms with Gasteiger partial charge in [0, 0.05) is 31.6 Å². The molecule has 0 bridgehead atoms. The lowest BCUT2D eigenvalue weighted by Crippen LogP contribution is -2.46. The highest BCUT2D eigenvalue weighted by Gasteiger charge is 2.30. The molecule has 0 spiro atoms. The number of carbonyl (C=O) groups excluding carboxylic acids is 1. The van der Waals surface area contributed by atoms with Crippen molar-refractivity contribution in [2.45, 2.75) is 6.92 Å². The molecule has 2 aliphatic heterocycles. The third kappa shape index (κ3) is 4.13. The fourth-order valence-corrected chi connectivity index (χ4v) is 4.83. The van der Waals surface area contributed by atoms with E-state index in [1.165, 1.54) is 11.8 Å². The number of thioether (sulfide) groups is 1. The molecule has 8 nitrogen and oxygen atoms in total. The van der Waals surface area contributed by atoms with Crippen LogP contribution in [0.5, 0.6) is 0 Å². The molecule has 164 valence electrons. The Morgan fingerprint density at radius 1 is 1.00 bits per heavy atom. The van der Waals surface area contributed by atoms with Crippen molar-refractivity contribution < 1.29 is 4.79 Å². The van der Waals surface area contributed by atoms with Crippen LogP contribution in [0.3, 0.4) is 0 Å². The summed E-state index contributed by atoms with van der Waals surface area (Å²) in [6.07, 6.45) is 0. The molecule has 0 unspecified atom stereocenters. The molecule has 2 aliphatic rings. The van der Waals surface area contributed by atoms with E-state index in [9.17, 15) is 4.79 Å². The first kappa shape index (κ1) is 20.7. The molecular formula is C23H25N7OS. The van der Waals surface area contributed by atoms with Crippen LogP contribution in [0, 0.1) is 0 Å². The van der Waals surface area contributed by atoms with Gasteiger partial charge in [0.15, 0.2) is 5.17 Å². The van der Waals surface area contributed by atoms with Crippen LogP contribution in [0.2, 0.25) is 0 Å². The highest BCUT2D eigenvalue weighted by atomic mass is 32.2. The Balaban J connectivity index is 1.44. The lowest BCUT2D eigenvalue weighted by molar-refractivity contribution is -0.115. The fourth-order valence-electron chi connectivity index (χ4n) is 4.00. The molecule has 1 aromatic heterocycles. The van der Waals surface area contributed by atoms with Crippen LogP contribution in [0.25, 0.3) is 10.9 Å². The summed E-state index contributed by atoms with van der Waals surface area (Å²) in [6, 6.07) is 17.6. The first-order valence-corrected chi connectivity index (χ1v) is 11.8. The summed E-state index contributed by atoms with van der Waals surface area (Å²) >= 11 is 1.40. The number of piperazine rings is 1. The SMILES string of the molecule is CCN1CCN(c2nc(NN=C3SCC(=O)N3c3ccccc3)nc3ccccc23)CC1. The third-order valence-electron chi connectivity index (χ3n) is 5.73. The number of hydrogen-bond donors (Lipinski definition) is 1. The topological polar surface area (TPSA) is 77.0 Å². The van der Waals surface area contributed by atoms with Crippen molar-refractivity contribution in [1.29, 1.82) is 0 Å². The van der Waals surface area contributed by atoms with Crippen LogP contribution in [0.4, 0.5) is 17.5 Å². The highest BCUT2D eigenvalue weighted by molar-refractivity contribution is 8.15. The van der Waals surface area contributed by atoms with Gasteiger partial charge in [0.1, 0.15) is 5.82 Å². The Hall–Kier alpha value is -3.17. The molecule has 0 saturated carbocycles. The Morgan fingerprint density at radius 2 is 1.75 bits per heavy atom. The average molecular weight is 448 g/mol. The van der Waals surface area contributed by atoms with E-state index in [0.29, 0.717) is 16.9 Å². The molecule has 1 N–H and O–H groups in total. The number of nitrogens with zero attached hydrogens (tertiary/aromatic N) is 6. The number of aromatic nitrogens is 2. The Bertz CT molecular complexity index is 1150. The number of amides is 1. The Labute approximate surface area is 191 Å². The van der Waals surface area contributed by atoms with Gasteiger partial charge in [-0.15, -0.1) is 5.10 Å². The van der Waals surface area contributed by atoms with Gasteiger partial charge >= 0.3 is 0 Å². The maximum Gasteiger partial charge on any atom is 0.246 e. The number of carbonyl (C=O) groups is 1. The number of hydrazone groups is 1. The minimum absolute atomic E-state index is 0.00987. The minimum Gasteiger partial charge on any atom is -0.353 e. The molecule has 0 aliphatic carbocycles. The summed E-state index contributed by atoms with van der Waals surface area (Å²) in [6.45, 7) is 7.15. The number of fused-ring (bicyclic) bond motifs is 1. The van der Waals surface area contributed by atoms with Gasteiger partial charge in [-0.2, -0.15) is 4.98 Å². The van der Waals surface area contributed by atoms with Gasteiger partial charge in [-0.05, 0) is 30.8 Å². The average Bonchev–Trinajstić information content (AvgIpc) is 3.23. The second kappa shape index (κ2) is 9.13. The summed E-state index contributed by atoms with van der Waals surface area (Å²) in [5.74, 6) is 1.72. The fraction of sp³-hybridized carbons (Fsp3) is 0.304. The van der Waals surface area contributed by atoms with Crippen molar-refractivity contribution in [2.75, 3.05) is 53.7 Å². The number of para-hydroxylation sites is 2. The zero-order valence-corrected chi connectivity index (χ0v) is 18.8. The van der Waals surface area contributed by atoms with E-state index in [-0.39, 0.29) is 5.91 Å². The maximum absolute atomic E-state index is 12.4. The van der Waals surface area contributed by atoms with Crippen LogP contribution in [0.1, 0.15) is 6.92 Å². The van der Waals surface area contributed by atoms with Gasteiger partial charge in [0.05, 0.1) is 17.0 Å². The minimum atomic E-state index is 0.00987. The number of hydrogen-bond acceptors (Lipinski definition) is 8. The summed E-state index contributed by atoms with van der Waals surface area (Å²) < 4.78 is 0.